The van der Waals surface area contributed by atoms with Crippen LogP contribution < -0.4 is 0 Å². The van der Waals surface area contributed by atoms with E-state index in [1.54, 1.807) is 0 Å². The molecule has 0 aliphatic heterocycles. The van der Waals surface area contributed by atoms with Gasteiger partial charge in [0.1, 0.15) is 0 Å². The molecule has 0 saturated heterocycles. The summed E-state index contributed by atoms with van der Waals surface area (Å²) in [6, 6.07) is 21.8. The highest BCUT2D eigenvalue weighted by atomic mass is 14.1. The summed E-state index contributed by atoms with van der Waals surface area (Å²) in [5.74, 6) is 0. The first kappa shape index (κ1) is 11.0. The minimum atomic E-state index is 1.30. The summed E-state index contributed by atoms with van der Waals surface area (Å²) in [7, 11) is 0. The highest BCUT2D eigenvalue weighted by Gasteiger charge is 2.05. The second kappa shape index (κ2) is 4.30. The van der Waals surface area contributed by atoms with Crippen molar-refractivity contribution >= 4 is 10.8 Å². The Morgan fingerprint density at radius 1 is 0.667 bits per heavy atom. The smallest absolute Gasteiger partial charge is 0.0103 e. The molecule has 0 aromatic heterocycles. The van der Waals surface area contributed by atoms with Crippen molar-refractivity contribution in [2.45, 2.75) is 13.8 Å². The van der Waals surface area contributed by atoms with Crippen molar-refractivity contribution in [1.29, 1.82) is 0 Å². The van der Waals surface area contributed by atoms with Gasteiger partial charge >= 0.3 is 0 Å². The van der Waals surface area contributed by atoms with Crippen LogP contribution in [-0.4, -0.2) is 0 Å². The van der Waals surface area contributed by atoms with Crippen LogP contribution in [0, 0.1) is 13.8 Å². The molecule has 3 aromatic carbocycles. The number of rotatable bonds is 1. The van der Waals surface area contributed by atoms with Gasteiger partial charge in [-0.05, 0) is 41.3 Å². The third-order valence-corrected chi connectivity index (χ3v) is 3.47. The summed E-state index contributed by atoms with van der Waals surface area (Å²) in [6.45, 7) is 4.31. The standard InChI is InChI=1S/C18H16/c1-13-6-5-7-15(12-13)17-11-10-14(2)16-8-3-4-9-18(16)17/h3-12H,1-2H3. The molecule has 3 rings (SSSR count). The minimum absolute atomic E-state index is 1.30. The molecular weight excluding hydrogens is 216 g/mol. The highest BCUT2D eigenvalue weighted by molar-refractivity contribution is 5.98. The van der Waals surface area contributed by atoms with Crippen LogP contribution in [0.1, 0.15) is 11.1 Å². The summed E-state index contributed by atoms with van der Waals surface area (Å²) in [5, 5.41) is 2.68. The van der Waals surface area contributed by atoms with E-state index in [0.717, 1.165) is 0 Å². The lowest BCUT2D eigenvalue weighted by Crippen LogP contribution is -1.85. The Hall–Kier alpha value is -2.08. The maximum Gasteiger partial charge on any atom is -0.0103 e. The lowest BCUT2D eigenvalue weighted by atomic mass is 9.95. The number of benzene rings is 3. The molecule has 0 aliphatic carbocycles. The van der Waals surface area contributed by atoms with E-state index in [1.807, 2.05) is 0 Å². The Kier molecular flexibility index (Phi) is 2.64. The molecule has 0 spiro atoms. The summed E-state index contributed by atoms with van der Waals surface area (Å²) >= 11 is 0. The Bertz CT molecular complexity index is 708. The zero-order valence-electron chi connectivity index (χ0n) is 10.8. The van der Waals surface area contributed by atoms with E-state index in [9.17, 15) is 0 Å². The Balaban J connectivity index is 2.33. The summed E-state index contributed by atoms with van der Waals surface area (Å²) in [5.41, 5.74) is 5.25. The van der Waals surface area contributed by atoms with Crippen molar-refractivity contribution in [3.05, 3.63) is 71.8 Å². The summed E-state index contributed by atoms with van der Waals surface area (Å²) in [6.07, 6.45) is 0. The first-order chi connectivity index (χ1) is 8.75. The van der Waals surface area contributed by atoms with Crippen molar-refractivity contribution in [1.82, 2.24) is 0 Å². The van der Waals surface area contributed by atoms with Gasteiger partial charge in [0.2, 0.25) is 0 Å². The van der Waals surface area contributed by atoms with Crippen LogP contribution in [0.15, 0.2) is 60.7 Å². The first-order valence-electron chi connectivity index (χ1n) is 6.31. The predicted octanol–water partition coefficient (Wildman–Crippen LogP) is 5.12. The molecule has 0 heterocycles. The predicted molar refractivity (Wildman–Crippen MR) is 78.9 cm³/mol. The van der Waals surface area contributed by atoms with Gasteiger partial charge in [-0.25, -0.2) is 0 Å². The Morgan fingerprint density at radius 3 is 2.22 bits per heavy atom. The third kappa shape index (κ3) is 1.80. The van der Waals surface area contributed by atoms with Crippen molar-refractivity contribution < 1.29 is 0 Å². The number of aryl methyl sites for hydroxylation is 2. The molecule has 3 aromatic rings. The quantitative estimate of drug-likeness (QED) is 0.546. The first-order valence-corrected chi connectivity index (χ1v) is 6.31. The van der Waals surface area contributed by atoms with Gasteiger partial charge in [-0.2, -0.15) is 0 Å². The zero-order valence-corrected chi connectivity index (χ0v) is 10.8. The second-order valence-corrected chi connectivity index (χ2v) is 4.85. The van der Waals surface area contributed by atoms with Crippen molar-refractivity contribution in [3.63, 3.8) is 0 Å². The van der Waals surface area contributed by atoms with Gasteiger partial charge in [0.05, 0.1) is 0 Å². The average molecular weight is 232 g/mol. The van der Waals surface area contributed by atoms with E-state index in [1.165, 1.54) is 33.0 Å². The van der Waals surface area contributed by atoms with E-state index in [2.05, 4.69) is 74.5 Å². The fourth-order valence-corrected chi connectivity index (χ4v) is 2.51. The lowest BCUT2D eigenvalue weighted by molar-refractivity contribution is 1.46. The molecule has 0 saturated carbocycles. The topological polar surface area (TPSA) is 0 Å². The Morgan fingerprint density at radius 2 is 1.44 bits per heavy atom. The minimum Gasteiger partial charge on any atom is -0.0616 e. The van der Waals surface area contributed by atoms with Gasteiger partial charge in [0.15, 0.2) is 0 Å². The van der Waals surface area contributed by atoms with E-state index >= 15 is 0 Å². The molecule has 0 aliphatic rings. The number of hydrogen-bond donors (Lipinski definition) is 0. The van der Waals surface area contributed by atoms with Gasteiger partial charge in [-0.3, -0.25) is 0 Å². The Labute approximate surface area is 108 Å². The number of hydrogen-bond acceptors (Lipinski definition) is 0. The molecule has 88 valence electrons. The second-order valence-electron chi connectivity index (χ2n) is 4.85. The van der Waals surface area contributed by atoms with E-state index in [4.69, 9.17) is 0 Å². The van der Waals surface area contributed by atoms with Crippen molar-refractivity contribution in [2.24, 2.45) is 0 Å². The molecule has 0 fully saturated rings. The van der Waals surface area contributed by atoms with Gasteiger partial charge in [-0.15, -0.1) is 0 Å². The van der Waals surface area contributed by atoms with E-state index in [0.29, 0.717) is 0 Å². The molecule has 0 heteroatoms. The average Bonchev–Trinajstić information content (AvgIpc) is 2.39. The fourth-order valence-electron chi connectivity index (χ4n) is 2.51. The van der Waals surface area contributed by atoms with Crippen LogP contribution in [0.25, 0.3) is 21.9 Å². The highest BCUT2D eigenvalue weighted by Crippen LogP contribution is 2.30. The van der Waals surface area contributed by atoms with Gasteiger partial charge < -0.3 is 0 Å². The van der Waals surface area contributed by atoms with Crippen molar-refractivity contribution in [2.75, 3.05) is 0 Å². The SMILES string of the molecule is Cc1cccc(-c2ccc(C)c3ccccc23)c1. The van der Waals surface area contributed by atoms with Crippen LogP contribution in [0.4, 0.5) is 0 Å². The molecule has 0 radical (unpaired) electrons. The maximum atomic E-state index is 2.25. The molecule has 0 atom stereocenters. The van der Waals surface area contributed by atoms with Crippen molar-refractivity contribution in [3.8, 4) is 11.1 Å². The molecule has 0 amide bonds. The maximum absolute atomic E-state index is 2.25. The molecule has 0 N–H and O–H groups in total. The largest absolute Gasteiger partial charge is 0.0616 e. The van der Waals surface area contributed by atoms with Crippen LogP contribution in [0.3, 0.4) is 0 Å². The van der Waals surface area contributed by atoms with Crippen LogP contribution in [-0.2, 0) is 0 Å². The third-order valence-electron chi connectivity index (χ3n) is 3.47. The normalized spacial score (nSPS) is 10.8. The van der Waals surface area contributed by atoms with Gasteiger partial charge in [0, 0.05) is 0 Å². The molecule has 0 unspecified atom stereocenters. The van der Waals surface area contributed by atoms with Crippen LogP contribution >= 0.6 is 0 Å². The van der Waals surface area contributed by atoms with Crippen LogP contribution in [0.2, 0.25) is 0 Å². The summed E-state index contributed by atoms with van der Waals surface area (Å²) < 4.78 is 0. The van der Waals surface area contributed by atoms with Gasteiger partial charge in [0.25, 0.3) is 0 Å². The zero-order chi connectivity index (χ0) is 12.5. The van der Waals surface area contributed by atoms with E-state index in [-0.39, 0.29) is 0 Å². The molecule has 0 bridgehead atoms. The lowest BCUT2D eigenvalue weighted by Gasteiger charge is -2.09. The molecule has 0 nitrogen and oxygen atoms in total. The molecule has 18 heavy (non-hydrogen) atoms. The number of fused-ring (bicyclic) bond motifs is 1. The summed E-state index contributed by atoms with van der Waals surface area (Å²) in [4.78, 5) is 0. The van der Waals surface area contributed by atoms with Crippen LogP contribution in [0.5, 0.6) is 0 Å². The van der Waals surface area contributed by atoms with Gasteiger partial charge in [-0.1, -0.05) is 66.2 Å². The monoisotopic (exact) mass is 232 g/mol. The van der Waals surface area contributed by atoms with E-state index < -0.39 is 0 Å². The fraction of sp³-hybridized carbons (Fsp3) is 0.111. The molecular formula is C18H16.